The van der Waals surface area contributed by atoms with Crippen LogP contribution < -0.4 is 10.1 Å². The molecule has 0 bridgehead atoms. The van der Waals surface area contributed by atoms with E-state index in [4.69, 9.17) is 9.47 Å². The third kappa shape index (κ3) is 3.71. The van der Waals surface area contributed by atoms with Gasteiger partial charge in [0.2, 0.25) is 0 Å². The highest BCUT2D eigenvalue weighted by Crippen LogP contribution is 2.27. The van der Waals surface area contributed by atoms with Gasteiger partial charge in [0.25, 0.3) is 0 Å². The maximum absolute atomic E-state index is 5.78. The zero-order valence-corrected chi connectivity index (χ0v) is 12.3. The average Bonchev–Trinajstić information content (AvgIpc) is 2.37. The molecule has 1 aromatic rings. The molecule has 106 valence electrons. The first-order valence-electron chi connectivity index (χ1n) is 7.14. The van der Waals surface area contributed by atoms with Crippen LogP contribution in [-0.4, -0.2) is 25.4 Å². The number of methoxy groups -OCH3 is 1. The van der Waals surface area contributed by atoms with Crippen LogP contribution in [0.2, 0.25) is 0 Å². The quantitative estimate of drug-likeness (QED) is 0.904. The minimum absolute atomic E-state index is 0.290. The molecule has 0 aromatic heterocycles. The molecule has 1 aromatic carbocycles. The van der Waals surface area contributed by atoms with Gasteiger partial charge in [-0.15, -0.1) is 0 Å². The Labute approximate surface area is 116 Å². The van der Waals surface area contributed by atoms with Crippen LogP contribution in [0.25, 0.3) is 0 Å². The highest BCUT2D eigenvalue weighted by atomic mass is 16.5. The van der Waals surface area contributed by atoms with Gasteiger partial charge in [-0.3, -0.25) is 0 Å². The fourth-order valence-corrected chi connectivity index (χ4v) is 3.01. The van der Waals surface area contributed by atoms with E-state index in [2.05, 4.69) is 38.2 Å². The number of para-hydroxylation sites is 1. The fraction of sp³-hybridized carbons (Fsp3) is 0.625. The molecule has 3 heteroatoms. The standard InChI is InChI=1S/C16H25NO2/c1-11-9-14(10-12(2)19-11)17-13(3)15-7-5-6-8-16(15)18-4/h5-8,11-14,17H,9-10H2,1-4H3. The Bertz CT molecular complexity index is 397. The summed E-state index contributed by atoms with van der Waals surface area (Å²) in [5.41, 5.74) is 1.22. The van der Waals surface area contributed by atoms with Crippen molar-refractivity contribution < 1.29 is 9.47 Å². The maximum Gasteiger partial charge on any atom is 0.123 e. The van der Waals surface area contributed by atoms with Crippen molar-refractivity contribution in [1.29, 1.82) is 0 Å². The third-order valence-electron chi connectivity index (χ3n) is 3.79. The van der Waals surface area contributed by atoms with E-state index in [0.29, 0.717) is 24.3 Å². The fourth-order valence-electron chi connectivity index (χ4n) is 3.01. The molecule has 1 aliphatic rings. The minimum atomic E-state index is 0.290. The van der Waals surface area contributed by atoms with Crippen LogP contribution in [0.1, 0.15) is 45.2 Å². The Morgan fingerprint density at radius 1 is 1.21 bits per heavy atom. The van der Waals surface area contributed by atoms with Crippen molar-refractivity contribution in [3.05, 3.63) is 29.8 Å². The van der Waals surface area contributed by atoms with E-state index in [-0.39, 0.29) is 0 Å². The number of ether oxygens (including phenoxy) is 2. The maximum atomic E-state index is 5.78. The van der Waals surface area contributed by atoms with Gasteiger partial charge in [-0.1, -0.05) is 18.2 Å². The van der Waals surface area contributed by atoms with E-state index in [9.17, 15) is 0 Å². The van der Waals surface area contributed by atoms with Crippen molar-refractivity contribution in [3.63, 3.8) is 0 Å². The number of hydrogen-bond acceptors (Lipinski definition) is 3. The number of rotatable bonds is 4. The zero-order valence-electron chi connectivity index (χ0n) is 12.3. The summed E-state index contributed by atoms with van der Waals surface area (Å²) in [4.78, 5) is 0. The van der Waals surface area contributed by atoms with Crippen molar-refractivity contribution in [3.8, 4) is 5.75 Å². The SMILES string of the molecule is COc1ccccc1C(C)NC1CC(C)OC(C)C1. The molecular weight excluding hydrogens is 238 g/mol. The molecule has 1 fully saturated rings. The predicted molar refractivity (Wildman–Crippen MR) is 77.6 cm³/mol. The van der Waals surface area contributed by atoms with Crippen molar-refractivity contribution in [1.82, 2.24) is 5.32 Å². The summed E-state index contributed by atoms with van der Waals surface area (Å²) in [5, 5.41) is 3.71. The molecule has 3 unspecified atom stereocenters. The van der Waals surface area contributed by atoms with Gasteiger partial charge in [-0.25, -0.2) is 0 Å². The van der Waals surface area contributed by atoms with Gasteiger partial charge in [0.05, 0.1) is 19.3 Å². The smallest absolute Gasteiger partial charge is 0.123 e. The second-order valence-electron chi connectivity index (χ2n) is 5.56. The predicted octanol–water partition coefficient (Wildman–Crippen LogP) is 3.30. The van der Waals surface area contributed by atoms with E-state index in [1.54, 1.807) is 7.11 Å². The summed E-state index contributed by atoms with van der Waals surface area (Å²) in [6, 6.07) is 9.02. The first-order chi connectivity index (χ1) is 9.10. The molecule has 0 amide bonds. The molecular formula is C16H25NO2. The van der Waals surface area contributed by atoms with Crippen molar-refractivity contribution >= 4 is 0 Å². The van der Waals surface area contributed by atoms with Gasteiger partial charge >= 0.3 is 0 Å². The molecule has 0 radical (unpaired) electrons. The summed E-state index contributed by atoms with van der Waals surface area (Å²) >= 11 is 0. The van der Waals surface area contributed by atoms with Crippen LogP contribution >= 0.6 is 0 Å². The topological polar surface area (TPSA) is 30.5 Å². The first-order valence-corrected chi connectivity index (χ1v) is 7.14. The summed E-state index contributed by atoms with van der Waals surface area (Å²) in [7, 11) is 1.73. The second-order valence-corrected chi connectivity index (χ2v) is 5.56. The van der Waals surface area contributed by atoms with Crippen LogP contribution in [-0.2, 0) is 4.74 Å². The lowest BCUT2D eigenvalue weighted by Gasteiger charge is -2.34. The zero-order chi connectivity index (χ0) is 13.8. The van der Waals surface area contributed by atoms with E-state index in [0.717, 1.165) is 18.6 Å². The van der Waals surface area contributed by atoms with Gasteiger partial charge < -0.3 is 14.8 Å². The van der Waals surface area contributed by atoms with E-state index < -0.39 is 0 Å². The molecule has 1 N–H and O–H groups in total. The highest BCUT2D eigenvalue weighted by molar-refractivity contribution is 5.35. The molecule has 3 nitrogen and oxygen atoms in total. The monoisotopic (exact) mass is 263 g/mol. The van der Waals surface area contributed by atoms with Crippen molar-refractivity contribution in [2.75, 3.05) is 7.11 Å². The largest absolute Gasteiger partial charge is 0.496 e. The van der Waals surface area contributed by atoms with Crippen LogP contribution in [0.5, 0.6) is 5.75 Å². The molecule has 0 saturated carbocycles. The van der Waals surface area contributed by atoms with Crippen molar-refractivity contribution in [2.24, 2.45) is 0 Å². The van der Waals surface area contributed by atoms with Crippen LogP contribution in [0.15, 0.2) is 24.3 Å². The third-order valence-corrected chi connectivity index (χ3v) is 3.79. The van der Waals surface area contributed by atoms with Gasteiger partial charge in [0.1, 0.15) is 5.75 Å². The number of hydrogen-bond donors (Lipinski definition) is 1. The second kappa shape index (κ2) is 6.40. The van der Waals surface area contributed by atoms with Gasteiger partial charge in [-0.05, 0) is 39.7 Å². The number of benzene rings is 1. The lowest BCUT2D eigenvalue weighted by molar-refractivity contribution is -0.0433. The Morgan fingerprint density at radius 2 is 1.84 bits per heavy atom. The Morgan fingerprint density at radius 3 is 2.47 bits per heavy atom. The lowest BCUT2D eigenvalue weighted by Crippen LogP contribution is -2.42. The molecule has 2 rings (SSSR count). The average molecular weight is 263 g/mol. The summed E-state index contributed by atoms with van der Waals surface area (Å²) in [6.07, 6.45) is 2.82. The molecule has 19 heavy (non-hydrogen) atoms. The molecule has 1 saturated heterocycles. The molecule has 1 heterocycles. The van der Waals surface area contributed by atoms with E-state index in [1.807, 2.05) is 12.1 Å². The van der Waals surface area contributed by atoms with Gasteiger partial charge in [-0.2, -0.15) is 0 Å². The highest BCUT2D eigenvalue weighted by Gasteiger charge is 2.26. The summed E-state index contributed by atoms with van der Waals surface area (Å²) in [6.45, 7) is 6.50. The summed E-state index contributed by atoms with van der Waals surface area (Å²) in [5.74, 6) is 0.954. The van der Waals surface area contributed by atoms with Gasteiger partial charge in [0.15, 0.2) is 0 Å². The first kappa shape index (κ1) is 14.4. The number of nitrogens with one attached hydrogen (secondary N) is 1. The van der Waals surface area contributed by atoms with Crippen molar-refractivity contribution in [2.45, 2.75) is 57.9 Å². The van der Waals surface area contributed by atoms with E-state index >= 15 is 0 Å². The molecule has 0 spiro atoms. The summed E-state index contributed by atoms with van der Waals surface area (Å²) < 4.78 is 11.2. The molecule has 0 aliphatic carbocycles. The van der Waals surface area contributed by atoms with E-state index in [1.165, 1.54) is 5.56 Å². The molecule has 1 aliphatic heterocycles. The van der Waals surface area contributed by atoms with Crippen LogP contribution in [0, 0.1) is 0 Å². The van der Waals surface area contributed by atoms with Crippen LogP contribution in [0.4, 0.5) is 0 Å². The Kier molecular flexibility index (Phi) is 4.83. The van der Waals surface area contributed by atoms with Crippen LogP contribution in [0.3, 0.4) is 0 Å². The molecule has 3 atom stereocenters. The van der Waals surface area contributed by atoms with Gasteiger partial charge in [0, 0.05) is 17.6 Å². The minimum Gasteiger partial charge on any atom is -0.496 e. The Balaban J connectivity index is 2.02. The Hall–Kier alpha value is -1.06. The normalized spacial score (nSPS) is 28.9. The lowest BCUT2D eigenvalue weighted by atomic mass is 9.97.